The number of methoxy groups -OCH3 is 2. The maximum absolute atomic E-state index is 10.8. The van der Waals surface area contributed by atoms with E-state index < -0.39 is 6.09 Å². The van der Waals surface area contributed by atoms with Crippen molar-refractivity contribution in [2.45, 2.75) is 0 Å². The number of benzene rings is 1. The highest BCUT2D eigenvalue weighted by Gasteiger charge is 2.04. The zero-order chi connectivity index (χ0) is 14.1. The van der Waals surface area contributed by atoms with Gasteiger partial charge in [0.05, 0.1) is 27.0 Å². The maximum Gasteiger partial charge on any atom is 0.427 e. The molecule has 0 atom stereocenters. The summed E-state index contributed by atoms with van der Waals surface area (Å²) in [6.07, 6.45) is 0.855. The van der Waals surface area contributed by atoms with Crippen LogP contribution in [-0.4, -0.2) is 38.5 Å². The van der Waals surface area contributed by atoms with Crippen molar-refractivity contribution in [1.82, 2.24) is 5.43 Å². The van der Waals surface area contributed by atoms with Crippen LogP contribution in [0.3, 0.4) is 0 Å². The van der Waals surface area contributed by atoms with Crippen molar-refractivity contribution in [1.29, 1.82) is 0 Å². The van der Waals surface area contributed by atoms with Gasteiger partial charge in [-0.15, -0.1) is 0 Å². The lowest BCUT2D eigenvalue weighted by Crippen LogP contribution is -2.16. The molecule has 0 radical (unpaired) electrons. The topological polar surface area (TPSA) is 69.2 Å². The quantitative estimate of drug-likeness (QED) is 0.493. The van der Waals surface area contributed by atoms with E-state index in [0.29, 0.717) is 18.1 Å². The molecule has 0 aromatic heterocycles. The summed E-state index contributed by atoms with van der Waals surface area (Å²) in [5, 5.41) is 4.46. The third-order valence-corrected chi connectivity index (χ3v) is 2.40. The van der Waals surface area contributed by atoms with Gasteiger partial charge in [-0.2, -0.15) is 5.10 Å². The van der Waals surface area contributed by atoms with Crippen LogP contribution in [0.25, 0.3) is 0 Å². The minimum absolute atomic E-state index is 0.549. The van der Waals surface area contributed by atoms with E-state index in [9.17, 15) is 4.79 Å². The lowest BCUT2D eigenvalue weighted by atomic mass is 10.2. The van der Waals surface area contributed by atoms with E-state index in [1.165, 1.54) is 13.3 Å². The Bertz CT molecular complexity index is 451. The standard InChI is InChI=1S/C12H15BrN2O4/c1-17-11-7-9(8-14-15-12(16)18-2)3-4-10(11)19-6-5-13/h3-4,7-8H,5-6H2,1-2H3,(H,15,16)/b14-8-. The van der Waals surface area contributed by atoms with Crippen LogP contribution >= 0.6 is 15.9 Å². The highest BCUT2D eigenvalue weighted by Crippen LogP contribution is 2.27. The van der Waals surface area contributed by atoms with Crippen LogP contribution in [0.1, 0.15) is 5.56 Å². The molecule has 0 saturated heterocycles. The second kappa shape index (κ2) is 8.36. The number of nitrogens with one attached hydrogen (secondary N) is 1. The van der Waals surface area contributed by atoms with Crippen LogP contribution in [0.5, 0.6) is 11.5 Å². The van der Waals surface area contributed by atoms with Crippen LogP contribution in [0, 0.1) is 0 Å². The summed E-state index contributed by atoms with van der Waals surface area (Å²) in [6.45, 7) is 0.549. The Morgan fingerprint density at radius 3 is 2.84 bits per heavy atom. The molecule has 0 aliphatic heterocycles. The number of hydrazone groups is 1. The van der Waals surface area contributed by atoms with Crippen molar-refractivity contribution in [2.24, 2.45) is 5.10 Å². The molecule has 0 heterocycles. The first-order chi connectivity index (χ1) is 9.21. The van der Waals surface area contributed by atoms with E-state index in [0.717, 1.165) is 10.9 Å². The summed E-state index contributed by atoms with van der Waals surface area (Å²) in [7, 11) is 2.83. The molecule has 0 saturated carbocycles. The molecule has 1 N–H and O–H groups in total. The molecule has 7 heteroatoms. The molecule has 1 amide bonds. The highest BCUT2D eigenvalue weighted by atomic mass is 79.9. The van der Waals surface area contributed by atoms with E-state index in [4.69, 9.17) is 9.47 Å². The van der Waals surface area contributed by atoms with Crippen molar-refractivity contribution in [3.05, 3.63) is 23.8 Å². The molecule has 0 bridgehead atoms. The Kier molecular flexibility index (Phi) is 6.73. The highest BCUT2D eigenvalue weighted by molar-refractivity contribution is 9.09. The number of amides is 1. The van der Waals surface area contributed by atoms with Gasteiger partial charge >= 0.3 is 6.09 Å². The number of alkyl halides is 1. The van der Waals surface area contributed by atoms with Crippen molar-refractivity contribution in [2.75, 3.05) is 26.2 Å². The summed E-state index contributed by atoms with van der Waals surface area (Å²) in [4.78, 5) is 10.8. The Balaban J connectivity index is 2.73. The second-order valence-electron chi connectivity index (χ2n) is 3.31. The predicted molar refractivity (Wildman–Crippen MR) is 75.4 cm³/mol. The number of rotatable bonds is 6. The molecule has 6 nitrogen and oxygen atoms in total. The van der Waals surface area contributed by atoms with E-state index in [-0.39, 0.29) is 0 Å². The molecule has 0 aliphatic rings. The van der Waals surface area contributed by atoms with Crippen molar-refractivity contribution >= 4 is 28.2 Å². The summed E-state index contributed by atoms with van der Waals surface area (Å²) in [5.74, 6) is 1.25. The second-order valence-corrected chi connectivity index (χ2v) is 4.10. The molecule has 1 rings (SSSR count). The van der Waals surface area contributed by atoms with Crippen LogP contribution in [0.2, 0.25) is 0 Å². The minimum Gasteiger partial charge on any atom is -0.493 e. The van der Waals surface area contributed by atoms with Gasteiger partial charge in [-0.1, -0.05) is 15.9 Å². The lowest BCUT2D eigenvalue weighted by Gasteiger charge is -2.09. The number of ether oxygens (including phenoxy) is 3. The number of carbonyl (C=O) groups is 1. The normalized spacial score (nSPS) is 10.3. The largest absolute Gasteiger partial charge is 0.493 e. The molecule has 1 aromatic carbocycles. The van der Waals surface area contributed by atoms with E-state index in [2.05, 4.69) is 31.2 Å². The monoisotopic (exact) mass is 330 g/mol. The Hall–Kier alpha value is -1.76. The van der Waals surface area contributed by atoms with E-state index >= 15 is 0 Å². The third-order valence-electron chi connectivity index (χ3n) is 2.08. The van der Waals surface area contributed by atoms with Gasteiger partial charge in [-0.3, -0.25) is 0 Å². The van der Waals surface area contributed by atoms with Gasteiger partial charge in [-0.25, -0.2) is 10.2 Å². The van der Waals surface area contributed by atoms with Gasteiger partial charge in [-0.05, 0) is 23.8 Å². The fourth-order valence-electron chi connectivity index (χ4n) is 1.24. The maximum atomic E-state index is 10.8. The molecule has 0 fully saturated rings. The number of hydrogen-bond donors (Lipinski definition) is 1. The van der Waals surface area contributed by atoms with Gasteiger partial charge < -0.3 is 14.2 Å². The average molecular weight is 331 g/mol. The van der Waals surface area contributed by atoms with Gasteiger partial charge in [0.1, 0.15) is 0 Å². The smallest absolute Gasteiger partial charge is 0.427 e. The lowest BCUT2D eigenvalue weighted by molar-refractivity contribution is 0.171. The Morgan fingerprint density at radius 1 is 1.42 bits per heavy atom. The zero-order valence-electron chi connectivity index (χ0n) is 10.7. The minimum atomic E-state index is -0.625. The first-order valence-electron chi connectivity index (χ1n) is 5.45. The molecular weight excluding hydrogens is 316 g/mol. The first kappa shape index (κ1) is 15.3. The van der Waals surface area contributed by atoms with E-state index in [1.54, 1.807) is 25.3 Å². The number of halogens is 1. The van der Waals surface area contributed by atoms with Crippen LogP contribution in [-0.2, 0) is 4.74 Å². The summed E-state index contributed by atoms with van der Waals surface area (Å²) >= 11 is 3.28. The summed E-state index contributed by atoms with van der Waals surface area (Å²) in [5.41, 5.74) is 2.96. The SMILES string of the molecule is COC(=O)N/N=C\c1ccc(OCCBr)c(OC)c1. The summed E-state index contributed by atoms with van der Waals surface area (Å²) < 4.78 is 15.1. The number of carbonyl (C=O) groups excluding carboxylic acids is 1. The fourth-order valence-corrected chi connectivity index (χ4v) is 1.40. The van der Waals surface area contributed by atoms with Crippen LogP contribution < -0.4 is 14.9 Å². The van der Waals surface area contributed by atoms with Crippen molar-refractivity contribution < 1.29 is 19.0 Å². The molecule has 0 unspecified atom stereocenters. The molecular formula is C12H15BrN2O4. The third kappa shape index (κ3) is 5.17. The van der Waals surface area contributed by atoms with Crippen LogP contribution in [0.4, 0.5) is 4.79 Å². The van der Waals surface area contributed by atoms with Crippen molar-refractivity contribution in [3.8, 4) is 11.5 Å². The number of hydrogen-bond acceptors (Lipinski definition) is 5. The van der Waals surface area contributed by atoms with Gasteiger partial charge in [0.25, 0.3) is 0 Å². The fraction of sp³-hybridized carbons (Fsp3) is 0.333. The first-order valence-corrected chi connectivity index (χ1v) is 6.57. The average Bonchev–Trinajstić information content (AvgIpc) is 2.45. The van der Waals surface area contributed by atoms with Crippen molar-refractivity contribution in [3.63, 3.8) is 0 Å². The zero-order valence-corrected chi connectivity index (χ0v) is 12.3. The molecule has 19 heavy (non-hydrogen) atoms. The molecule has 0 aliphatic carbocycles. The Labute approximate surface area is 119 Å². The van der Waals surface area contributed by atoms with Gasteiger partial charge in [0, 0.05) is 5.33 Å². The molecule has 104 valence electrons. The van der Waals surface area contributed by atoms with E-state index in [1.807, 2.05) is 0 Å². The predicted octanol–water partition coefficient (Wildman–Crippen LogP) is 2.16. The van der Waals surface area contributed by atoms with Gasteiger partial charge in [0.15, 0.2) is 11.5 Å². The number of nitrogens with zero attached hydrogens (tertiary/aromatic N) is 1. The van der Waals surface area contributed by atoms with Crippen LogP contribution in [0.15, 0.2) is 23.3 Å². The molecule has 1 aromatic rings. The Morgan fingerprint density at radius 2 is 2.21 bits per heavy atom. The molecule has 0 spiro atoms. The van der Waals surface area contributed by atoms with Gasteiger partial charge in [0.2, 0.25) is 0 Å². The summed E-state index contributed by atoms with van der Waals surface area (Å²) in [6, 6.07) is 5.33.